The Morgan fingerprint density at radius 3 is 2.42 bits per heavy atom. The number of benzene rings is 1. The predicted octanol–water partition coefficient (Wildman–Crippen LogP) is 5.02. The van der Waals surface area contributed by atoms with Crippen LogP contribution in [0.4, 0.5) is 0 Å². The van der Waals surface area contributed by atoms with Gasteiger partial charge in [0.1, 0.15) is 6.10 Å². The summed E-state index contributed by atoms with van der Waals surface area (Å²) in [6, 6.07) is 8.33. The fraction of sp³-hybridized carbons (Fsp3) is 0.750. The maximum atomic E-state index is 11.6. The quantitative estimate of drug-likeness (QED) is 0.295. The Hall–Kier alpha value is -0.990. The molecular formula is C24H41NO5S. The second-order valence-electron chi connectivity index (χ2n) is 8.80. The van der Waals surface area contributed by atoms with Crippen molar-refractivity contribution < 1.29 is 21.9 Å². The zero-order valence-corrected chi connectivity index (χ0v) is 20.3. The van der Waals surface area contributed by atoms with Crippen LogP contribution in [0.15, 0.2) is 24.3 Å². The SMILES string of the molecule is CCCCCCCCOC(C(C)CC)C(CN1CCc2ccccc2C1)OS(=O)(=O)O. The summed E-state index contributed by atoms with van der Waals surface area (Å²) < 4.78 is 44.1. The molecule has 0 aliphatic carbocycles. The van der Waals surface area contributed by atoms with Gasteiger partial charge >= 0.3 is 10.4 Å². The van der Waals surface area contributed by atoms with Gasteiger partial charge in [0, 0.05) is 26.2 Å². The normalized spacial score (nSPS) is 17.8. The van der Waals surface area contributed by atoms with E-state index in [0.29, 0.717) is 13.2 Å². The number of fused-ring (bicyclic) bond motifs is 1. The summed E-state index contributed by atoms with van der Waals surface area (Å²) in [7, 11) is -4.57. The van der Waals surface area contributed by atoms with Gasteiger partial charge in [-0.1, -0.05) is 83.6 Å². The molecule has 0 radical (unpaired) electrons. The number of hydrogen-bond acceptors (Lipinski definition) is 5. The molecule has 0 amide bonds. The van der Waals surface area contributed by atoms with Crippen molar-refractivity contribution in [1.82, 2.24) is 4.90 Å². The molecule has 1 aliphatic rings. The third-order valence-electron chi connectivity index (χ3n) is 6.27. The van der Waals surface area contributed by atoms with Crippen molar-refractivity contribution >= 4 is 10.4 Å². The maximum absolute atomic E-state index is 11.6. The van der Waals surface area contributed by atoms with Gasteiger partial charge < -0.3 is 4.74 Å². The van der Waals surface area contributed by atoms with E-state index in [4.69, 9.17) is 8.92 Å². The number of ether oxygens (including phenoxy) is 1. The van der Waals surface area contributed by atoms with Gasteiger partial charge in [-0.2, -0.15) is 8.42 Å². The third kappa shape index (κ3) is 9.58. The molecule has 31 heavy (non-hydrogen) atoms. The molecule has 3 unspecified atom stereocenters. The molecule has 0 fully saturated rings. The van der Waals surface area contributed by atoms with Crippen molar-refractivity contribution in [3.8, 4) is 0 Å². The van der Waals surface area contributed by atoms with Gasteiger partial charge in [0.15, 0.2) is 0 Å². The highest BCUT2D eigenvalue weighted by molar-refractivity contribution is 7.80. The molecule has 1 aliphatic heterocycles. The van der Waals surface area contributed by atoms with Crippen LogP contribution < -0.4 is 0 Å². The first-order chi connectivity index (χ1) is 14.8. The van der Waals surface area contributed by atoms with E-state index in [1.54, 1.807) is 0 Å². The van der Waals surface area contributed by atoms with Crippen molar-refractivity contribution in [2.75, 3.05) is 19.7 Å². The molecule has 3 atom stereocenters. The summed E-state index contributed by atoms with van der Waals surface area (Å²) in [6.07, 6.45) is 7.62. The second kappa shape index (κ2) is 13.5. The van der Waals surface area contributed by atoms with E-state index < -0.39 is 16.5 Å². The van der Waals surface area contributed by atoms with Crippen molar-refractivity contribution in [2.24, 2.45) is 5.92 Å². The number of hydrogen-bond donors (Lipinski definition) is 1. The number of nitrogens with zero attached hydrogens (tertiary/aromatic N) is 1. The number of unbranched alkanes of at least 4 members (excludes halogenated alkanes) is 5. The summed E-state index contributed by atoms with van der Waals surface area (Å²) >= 11 is 0. The van der Waals surface area contributed by atoms with E-state index in [2.05, 4.69) is 37.8 Å². The van der Waals surface area contributed by atoms with Crippen molar-refractivity contribution in [2.45, 2.75) is 90.9 Å². The summed E-state index contributed by atoms with van der Waals surface area (Å²) in [5.74, 6) is 0.115. The molecule has 1 N–H and O–H groups in total. The van der Waals surface area contributed by atoms with Crippen LogP contribution in [0.1, 0.15) is 76.8 Å². The van der Waals surface area contributed by atoms with Gasteiger partial charge in [-0.15, -0.1) is 0 Å². The highest BCUT2D eigenvalue weighted by atomic mass is 32.3. The monoisotopic (exact) mass is 455 g/mol. The minimum atomic E-state index is -4.57. The zero-order valence-electron chi connectivity index (χ0n) is 19.5. The summed E-state index contributed by atoms with van der Waals surface area (Å²) in [6.45, 7) is 8.87. The van der Waals surface area contributed by atoms with Crippen molar-refractivity contribution in [3.05, 3.63) is 35.4 Å². The molecule has 6 nitrogen and oxygen atoms in total. The highest BCUT2D eigenvalue weighted by Crippen LogP contribution is 2.24. The first-order valence-corrected chi connectivity index (χ1v) is 13.3. The fourth-order valence-corrected chi connectivity index (χ4v) is 4.76. The Bertz CT molecular complexity index is 739. The van der Waals surface area contributed by atoms with Gasteiger partial charge in [-0.05, 0) is 29.9 Å². The first kappa shape index (κ1) is 26.3. The summed E-state index contributed by atoms with van der Waals surface area (Å²) in [5, 5.41) is 0. The van der Waals surface area contributed by atoms with E-state index in [0.717, 1.165) is 38.8 Å². The molecule has 2 rings (SSSR count). The van der Waals surface area contributed by atoms with E-state index >= 15 is 0 Å². The van der Waals surface area contributed by atoms with Gasteiger partial charge in [0.2, 0.25) is 0 Å². The van der Waals surface area contributed by atoms with Crippen molar-refractivity contribution in [3.63, 3.8) is 0 Å². The van der Waals surface area contributed by atoms with Crippen LogP contribution in [0.3, 0.4) is 0 Å². The number of rotatable bonds is 15. The standard InChI is InChI=1S/C24H41NO5S/c1-4-6-7-8-9-12-17-29-24(20(3)5-2)23(30-31(26,27)28)19-25-16-15-21-13-10-11-14-22(21)18-25/h10-11,13-14,20,23-24H,4-9,12,15-19H2,1-3H3,(H,26,27,28). The van der Waals surface area contributed by atoms with Crippen LogP contribution >= 0.6 is 0 Å². The van der Waals surface area contributed by atoms with Crippen molar-refractivity contribution in [1.29, 1.82) is 0 Å². The van der Waals surface area contributed by atoms with Crippen LogP contribution in [0, 0.1) is 5.92 Å². The minimum absolute atomic E-state index is 0.115. The van der Waals surface area contributed by atoms with E-state index in [9.17, 15) is 13.0 Å². The largest absolute Gasteiger partial charge is 0.397 e. The maximum Gasteiger partial charge on any atom is 0.397 e. The Morgan fingerprint density at radius 1 is 1.06 bits per heavy atom. The van der Waals surface area contributed by atoms with Gasteiger partial charge in [-0.3, -0.25) is 9.45 Å². The smallest absolute Gasteiger partial charge is 0.375 e. The molecule has 0 bridgehead atoms. The molecule has 178 valence electrons. The van der Waals surface area contributed by atoms with Crippen LogP contribution in [-0.4, -0.2) is 49.8 Å². The van der Waals surface area contributed by atoms with Gasteiger partial charge in [0.25, 0.3) is 0 Å². The fourth-order valence-electron chi connectivity index (χ4n) is 4.28. The predicted molar refractivity (Wildman–Crippen MR) is 124 cm³/mol. The van der Waals surface area contributed by atoms with E-state index in [1.807, 2.05) is 12.1 Å². The molecule has 0 aromatic heterocycles. The first-order valence-electron chi connectivity index (χ1n) is 11.9. The van der Waals surface area contributed by atoms with Gasteiger partial charge in [-0.25, -0.2) is 4.18 Å². The molecular weight excluding hydrogens is 414 g/mol. The van der Waals surface area contributed by atoms with E-state index in [1.165, 1.54) is 36.8 Å². The van der Waals surface area contributed by atoms with Crippen LogP contribution in [0.25, 0.3) is 0 Å². The average Bonchev–Trinajstić information content (AvgIpc) is 2.74. The van der Waals surface area contributed by atoms with Crippen LogP contribution in [-0.2, 0) is 32.3 Å². The minimum Gasteiger partial charge on any atom is -0.375 e. The molecule has 0 saturated heterocycles. The lowest BCUT2D eigenvalue weighted by atomic mass is 9.95. The molecule has 0 spiro atoms. The molecule has 7 heteroatoms. The lowest BCUT2D eigenvalue weighted by Crippen LogP contribution is -2.47. The molecule has 1 heterocycles. The summed E-state index contributed by atoms with van der Waals surface area (Å²) in [5.41, 5.74) is 2.59. The topological polar surface area (TPSA) is 76.1 Å². The zero-order chi connectivity index (χ0) is 22.7. The average molecular weight is 456 g/mol. The van der Waals surface area contributed by atoms with E-state index in [-0.39, 0.29) is 12.0 Å². The Balaban J connectivity index is 2.01. The molecule has 1 aromatic carbocycles. The summed E-state index contributed by atoms with van der Waals surface area (Å²) in [4.78, 5) is 2.20. The molecule has 0 saturated carbocycles. The second-order valence-corrected chi connectivity index (χ2v) is 9.85. The van der Waals surface area contributed by atoms with Crippen LogP contribution in [0.2, 0.25) is 0 Å². The Kier molecular flexibility index (Phi) is 11.5. The highest BCUT2D eigenvalue weighted by Gasteiger charge is 2.33. The van der Waals surface area contributed by atoms with Crippen LogP contribution in [0.5, 0.6) is 0 Å². The lowest BCUT2D eigenvalue weighted by molar-refractivity contribution is -0.0681. The van der Waals surface area contributed by atoms with Gasteiger partial charge in [0.05, 0.1) is 6.10 Å². The Morgan fingerprint density at radius 2 is 1.74 bits per heavy atom. The Labute approximate surface area is 189 Å². The lowest BCUT2D eigenvalue weighted by Gasteiger charge is -2.36. The molecule has 1 aromatic rings. The third-order valence-corrected chi connectivity index (χ3v) is 6.76.